The molecule has 0 fully saturated rings. The van der Waals surface area contributed by atoms with Gasteiger partial charge >= 0.3 is 6.16 Å². The zero-order valence-electron chi connectivity index (χ0n) is 8.16. The first kappa shape index (κ1) is 12.4. The molecule has 3 heteroatoms. The highest BCUT2D eigenvalue weighted by Crippen LogP contribution is 2.08. The topological polar surface area (TPSA) is 35.5 Å². The highest BCUT2D eigenvalue weighted by Gasteiger charge is 2.10. The van der Waals surface area contributed by atoms with Gasteiger partial charge in [-0.1, -0.05) is 0 Å². The second kappa shape index (κ2) is 8.01. The zero-order chi connectivity index (χ0) is 10.8. The number of carbonyl (C=O) groups is 1. The summed E-state index contributed by atoms with van der Waals surface area (Å²) in [6.45, 7) is 3.03. The summed E-state index contributed by atoms with van der Waals surface area (Å²) >= 11 is 0. The van der Waals surface area contributed by atoms with Gasteiger partial charge in [0.15, 0.2) is 0 Å². The monoisotopic (exact) mass is 193 g/mol. The number of rotatable bonds is 5. The Labute approximate surface area is 84.8 Å². The van der Waals surface area contributed by atoms with Crippen LogP contribution in [0.5, 0.6) is 0 Å². The van der Waals surface area contributed by atoms with Gasteiger partial charge < -0.3 is 9.47 Å². The van der Waals surface area contributed by atoms with Crippen LogP contribution in [0, 0.1) is 37.2 Å². The van der Waals surface area contributed by atoms with Crippen molar-refractivity contribution in [2.75, 3.05) is 6.61 Å². The van der Waals surface area contributed by atoms with E-state index in [0.717, 1.165) is 0 Å². The normalized spacial score (nSPS) is 8.86. The average Bonchev–Trinajstić information content (AvgIpc) is 2.15. The molecule has 0 rings (SSSR count). The molecule has 0 aromatic heterocycles. The van der Waals surface area contributed by atoms with Gasteiger partial charge in [0.2, 0.25) is 0 Å². The SMILES string of the molecule is C#CCC(CC#C)COC(=O)O[CH]C. The van der Waals surface area contributed by atoms with Crippen LogP contribution in [0.3, 0.4) is 0 Å². The van der Waals surface area contributed by atoms with Gasteiger partial charge in [0, 0.05) is 18.8 Å². The molecule has 75 valence electrons. The summed E-state index contributed by atoms with van der Waals surface area (Å²) in [5.41, 5.74) is 0. The van der Waals surface area contributed by atoms with E-state index in [9.17, 15) is 4.79 Å². The van der Waals surface area contributed by atoms with E-state index in [2.05, 4.69) is 16.6 Å². The molecule has 0 N–H and O–H groups in total. The van der Waals surface area contributed by atoms with Gasteiger partial charge in [-0.15, -0.1) is 24.7 Å². The molecule has 0 aliphatic rings. The van der Waals surface area contributed by atoms with E-state index in [0.29, 0.717) is 12.8 Å². The van der Waals surface area contributed by atoms with Crippen molar-refractivity contribution in [3.05, 3.63) is 6.61 Å². The first-order chi connectivity index (χ1) is 6.74. The van der Waals surface area contributed by atoms with Crippen LogP contribution in [0.4, 0.5) is 4.79 Å². The number of hydrogen-bond donors (Lipinski definition) is 0. The van der Waals surface area contributed by atoms with Crippen LogP contribution in [0.15, 0.2) is 0 Å². The Balaban J connectivity index is 3.77. The van der Waals surface area contributed by atoms with Gasteiger partial charge in [-0.05, 0) is 6.92 Å². The fraction of sp³-hybridized carbons (Fsp3) is 0.455. The Kier molecular flexibility index (Phi) is 7.09. The first-order valence-electron chi connectivity index (χ1n) is 4.22. The molecule has 0 aromatic rings. The predicted octanol–water partition coefficient (Wildman–Crippen LogP) is 1.98. The van der Waals surface area contributed by atoms with E-state index in [4.69, 9.17) is 17.6 Å². The average molecular weight is 193 g/mol. The van der Waals surface area contributed by atoms with Crippen molar-refractivity contribution in [3.63, 3.8) is 0 Å². The molecule has 0 unspecified atom stereocenters. The fourth-order valence-corrected chi connectivity index (χ4v) is 0.839. The Morgan fingerprint density at radius 3 is 2.43 bits per heavy atom. The molecule has 0 aliphatic heterocycles. The van der Waals surface area contributed by atoms with Gasteiger partial charge in [-0.2, -0.15) is 0 Å². The zero-order valence-corrected chi connectivity index (χ0v) is 8.16. The van der Waals surface area contributed by atoms with E-state index >= 15 is 0 Å². The van der Waals surface area contributed by atoms with E-state index in [1.54, 1.807) is 6.92 Å². The van der Waals surface area contributed by atoms with Crippen molar-refractivity contribution in [3.8, 4) is 24.7 Å². The van der Waals surface area contributed by atoms with E-state index in [1.165, 1.54) is 6.61 Å². The third-order valence-corrected chi connectivity index (χ3v) is 1.46. The smallest absolute Gasteiger partial charge is 0.434 e. The fourth-order valence-electron chi connectivity index (χ4n) is 0.839. The molecule has 0 heterocycles. The van der Waals surface area contributed by atoms with Crippen LogP contribution in [-0.4, -0.2) is 12.8 Å². The minimum Gasteiger partial charge on any atom is -0.434 e. The molecule has 0 amide bonds. The molecule has 1 radical (unpaired) electrons. The van der Waals surface area contributed by atoms with Crippen molar-refractivity contribution >= 4 is 6.16 Å². The van der Waals surface area contributed by atoms with Crippen LogP contribution in [0.2, 0.25) is 0 Å². The van der Waals surface area contributed by atoms with Gasteiger partial charge in [-0.25, -0.2) is 4.79 Å². The molecular weight excluding hydrogens is 180 g/mol. The molecule has 0 aliphatic carbocycles. The van der Waals surface area contributed by atoms with Crippen LogP contribution in [0.1, 0.15) is 19.8 Å². The van der Waals surface area contributed by atoms with E-state index < -0.39 is 6.16 Å². The predicted molar refractivity (Wildman–Crippen MR) is 52.8 cm³/mol. The minimum atomic E-state index is -0.730. The molecule has 0 bridgehead atoms. The Hall–Kier alpha value is -1.61. The summed E-state index contributed by atoms with van der Waals surface area (Å²) in [6.07, 6.45) is 10.5. The lowest BCUT2D eigenvalue weighted by Gasteiger charge is -2.10. The number of ether oxygens (including phenoxy) is 2. The maximum absolute atomic E-state index is 10.8. The molecule has 0 spiro atoms. The van der Waals surface area contributed by atoms with Crippen molar-refractivity contribution in [1.29, 1.82) is 0 Å². The summed E-state index contributed by atoms with van der Waals surface area (Å²) in [6, 6.07) is 0. The van der Waals surface area contributed by atoms with Crippen molar-refractivity contribution in [1.82, 2.24) is 0 Å². The molecule has 3 nitrogen and oxygen atoms in total. The van der Waals surface area contributed by atoms with Crippen molar-refractivity contribution < 1.29 is 14.3 Å². The molecule has 0 aromatic carbocycles. The summed E-state index contributed by atoms with van der Waals surface area (Å²) in [7, 11) is 0. The lowest BCUT2D eigenvalue weighted by molar-refractivity contribution is 0.0630. The largest absolute Gasteiger partial charge is 0.508 e. The standard InChI is InChI=1S/C11H13O3/c1-4-7-10(8-5-2)9-14-11(12)13-6-3/h1-2,6,10H,7-9H2,3H3. The minimum absolute atomic E-state index is 0.00871. The molecule has 0 atom stereocenters. The third-order valence-electron chi connectivity index (χ3n) is 1.46. The summed E-state index contributed by atoms with van der Waals surface area (Å²) in [5.74, 6) is 4.95. The Bertz CT molecular complexity index is 228. The van der Waals surface area contributed by atoms with E-state index in [1.807, 2.05) is 0 Å². The van der Waals surface area contributed by atoms with Gasteiger partial charge in [0.05, 0.1) is 6.61 Å². The first-order valence-corrected chi connectivity index (χ1v) is 4.22. The Morgan fingerprint density at radius 1 is 1.43 bits per heavy atom. The molecular formula is C11H13O3. The molecule has 14 heavy (non-hydrogen) atoms. The molecule has 0 saturated heterocycles. The highest BCUT2D eigenvalue weighted by molar-refractivity contribution is 5.60. The maximum Gasteiger partial charge on any atom is 0.508 e. The summed E-state index contributed by atoms with van der Waals surface area (Å²) in [4.78, 5) is 10.8. The quantitative estimate of drug-likeness (QED) is 0.494. The van der Waals surface area contributed by atoms with Crippen LogP contribution in [-0.2, 0) is 9.47 Å². The second-order valence-electron chi connectivity index (χ2n) is 2.60. The lowest BCUT2D eigenvalue weighted by atomic mass is 10.0. The second-order valence-corrected chi connectivity index (χ2v) is 2.60. The summed E-state index contributed by atoms with van der Waals surface area (Å²) in [5, 5.41) is 0. The van der Waals surface area contributed by atoms with Crippen LogP contribution in [0.25, 0.3) is 0 Å². The Morgan fingerprint density at radius 2 is 2.00 bits per heavy atom. The lowest BCUT2D eigenvalue weighted by Crippen LogP contribution is -2.13. The number of hydrogen-bond acceptors (Lipinski definition) is 3. The third kappa shape index (κ3) is 5.97. The van der Waals surface area contributed by atoms with Crippen LogP contribution < -0.4 is 0 Å². The number of terminal acetylenes is 2. The highest BCUT2D eigenvalue weighted by atomic mass is 16.7. The van der Waals surface area contributed by atoms with Crippen molar-refractivity contribution in [2.45, 2.75) is 19.8 Å². The molecule has 0 saturated carbocycles. The maximum atomic E-state index is 10.8. The number of carbonyl (C=O) groups excluding carboxylic acids is 1. The van der Waals surface area contributed by atoms with E-state index in [-0.39, 0.29) is 12.5 Å². The van der Waals surface area contributed by atoms with Gasteiger partial charge in [0.1, 0.15) is 6.61 Å². The van der Waals surface area contributed by atoms with Gasteiger partial charge in [-0.3, -0.25) is 0 Å². The summed E-state index contributed by atoms with van der Waals surface area (Å²) < 4.78 is 9.23. The van der Waals surface area contributed by atoms with Gasteiger partial charge in [0.25, 0.3) is 0 Å². The van der Waals surface area contributed by atoms with Crippen molar-refractivity contribution in [2.24, 2.45) is 5.92 Å². The van der Waals surface area contributed by atoms with Crippen LogP contribution >= 0.6 is 0 Å².